The lowest BCUT2D eigenvalue weighted by atomic mass is 10.0. The van der Waals surface area contributed by atoms with E-state index in [0.717, 1.165) is 42.2 Å². The molecule has 1 unspecified atom stereocenters. The second kappa shape index (κ2) is 7.66. The lowest BCUT2D eigenvalue weighted by Crippen LogP contribution is -2.15. The second-order valence-corrected chi connectivity index (χ2v) is 6.86. The molecule has 134 valence electrons. The molecule has 6 nitrogen and oxygen atoms in total. The third-order valence-electron chi connectivity index (χ3n) is 4.93. The molecule has 1 aliphatic rings. The molecule has 6 heteroatoms. The smallest absolute Gasteiger partial charge is 0.224 e. The average Bonchev–Trinajstić information content (AvgIpc) is 3.32. The van der Waals surface area contributed by atoms with Gasteiger partial charge in [-0.25, -0.2) is 0 Å². The molecule has 1 fully saturated rings. The standard InChI is InChI=1S/C20H23N5O/c26-20(9-6-16-10-11-21-14-16)22-17-7-4-15(5-8-17)13-19-24-23-18-3-1-2-12-25(18)19/h1-5,7-8,12,16,21H,6,9-11,13-14H2,(H,22,26). The lowest BCUT2D eigenvalue weighted by molar-refractivity contribution is -0.116. The van der Waals surface area contributed by atoms with Crippen LogP contribution in [0.25, 0.3) is 5.65 Å². The molecule has 2 aromatic heterocycles. The van der Waals surface area contributed by atoms with Crippen LogP contribution in [0.1, 0.15) is 30.7 Å². The molecule has 3 aromatic rings. The van der Waals surface area contributed by atoms with Gasteiger partial charge in [0.2, 0.25) is 5.91 Å². The van der Waals surface area contributed by atoms with Gasteiger partial charge in [-0.05, 0) is 61.7 Å². The Morgan fingerprint density at radius 3 is 2.88 bits per heavy atom. The number of hydrogen-bond donors (Lipinski definition) is 2. The zero-order chi connectivity index (χ0) is 17.8. The summed E-state index contributed by atoms with van der Waals surface area (Å²) in [6.07, 6.45) is 5.39. The summed E-state index contributed by atoms with van der Waals surface area (Å²) in [6, 6.07) is 13.8. The molecule has 3 heterocycles. The molecule has 0 radical (unpaired) electrons. The highest BCUT2D eigenvalue weighted by Crippen LogP contribution is 2.17. The molecule has 0 saturated carbocycles. The Bertz CT molecular complexity index is 881. The fourth-order valence-electron chi connectivity index (χ4n) is 3.42. The number of rotatable bonds is 6. The van der Waals surface area contributed by atoms with Crippen molar-refractivity contribution in [1.29, 1.82) is 0 Å². The van der Waals surface area contributed by atoms with Crippen LogP contribution < -0.4 is 10.6 Å². The fraction of sp³-hybridized carbons (Fsp3) is 0.350. The average molecular weight is 349 g/mol. The molecule has 0 spiro atoms. The Hall–Kier alpha value is -2.73. The number of pyridine rings is 1. The minimum Gasteiger partial charge on any atom is -0.326 e. The second-order valence-electron chi connectivity index (χ2n) is 6.86. The molecule has 2 N–H and O–H groups in total. The van der Waals surface area contributed by atoms with E-state index in [0.29, 0.717) is 18.8 Å². The van der Waals surface area contributed by atoms with E-state index in [4.69, 9.17) is 0 Å². The van der Waals surface area contributed by atoms with E-state index in [2.05, 4.69) is 20.8 Å². The SMILES string of the molecule is O=C(CCC1CCNC1)Nc1ccc(Cc2nnc3ccccn23)cc1. The van der Waals surface area contributed by atoms with Crippen molar-refractivity contribution in [2.24, 2.45) is 5.92 Å². The van der Waals surface area contributed by atoms with Crippen molar-refractivity contribution in [3.63, 3.8) is 0 Å². The molecule has 1 aliphatic heterocycles. The number of amides is 1. The van der Waals surface area contributed by atoms with Gasteiger partial charge >= 0.3 is 0 Å². The number of benzene rings is 1. The van der Waals surface area contributed by atoms with E-state index < -0.39 is 0 Å². The third-order valence-corrected chi connectivity index (χ3v) is 4.93. The Balaban J connectivity index is 1.33. The molecule has 1 saturated heterocycles. The molecule has 0 aliphatic carbocycles. The summed E-state index contributed by atoms with van der Waals surface area (Å²) in [7, 11) is 0. The highest BCUT2D eigenvalue weighted by atomic mass is 16.1. The van der Waals surface area contributed by atoms with Crippen LogP contribution in [-0.2, 0) is 11.2 Å². The maximum absolute atomic E-state index is 12.1. The summed E-state index contributed by atoms with van der Waals surface area (Å²) < 4.78 is 1.99. The van der Waals surface area contributed by atoms with Crippen molar-refractivity contribution in [2.75, 3.05) is 18.4 Å². The van der Waals surface area contributed by atoms with Crippen molar-refractivity contribution in [1.82, 2.24) is 19.9 Å². The van der Waals surface area contributed by atoms with Crippen LogP contribution in [0.5, 0.6) is 0 Å². The molecule has 1 atom stereocenters. The van der Waals surface area contributed by atoms with E-state index in [-0.39, 0.29) is 5.91 Å². The highest BCUT2D eigenvalue weighted by Gasteiger charge is 2.15. The number of anilines is 1. The first-order chi connectivity index (χ1) is 12.8. The first-order valence-corrected chi connectivity index (χ1v) is 9.16. The Labute approximate surface area is 152 Å². The van der Waals surface area contributed by atoms with Crippen LogP contribution in [0.4, 0.5) is 5.69 Å². The minimum absolute atomic E-state index is 0.0908. The van der Waals surface area contributed by atoms with Gasteiger partial charge in [0.25, 0.3) is 0 Å². The van der Waals surface area contributed by atoms with Gasteiger partial charge in [0.05, 0.1) is 0 Å². The molecular formula is C20H23N5O. The van der Waals surface area contributed by atoms with Gasteiger partial charge in [0.15, 0.2) is 5.65 Å². The lowest BCUT2D eigenvalue weighted by Gasteiger charge is -2.09. The van der Waals surface area contributed by atoms with E-state index in [9.17, 15) is 4.79 Å². The number of fused-ring (bicyclic) bond motifs is 1. The number of hydrogen-bond acceptors (Lipinski definition) is 4. The predicted molar refractivity (Wildman–Crippen MR) is 101 cm³/mol. The maximum atomic E-state index is 12.1. The number of carbonyl (C=O) groups is 1. The zero-order valence-electron chi connectivity index (χ0n) is 14.7. The first-order valence-electron chi connectivity index (χ1n) is 9.16. The van der Waals surface area contributed by atoms with E-state index in [1.165, 1.54) is 6.42 Å². The van der Waals surface area contributed by atoms with E-state index in [1.54, 1.807) is 0 Å². The van der Waals surface area contributed by atoms with Crippen molar-refractivity contribution < 1.29 is 4.79 Å². The van der Waals surface area contributed by atoms with Crippen LogP contribution in [0.3, 0.4) is 0 Å². The molecule has 0 bridgehead atoms. The van der Waals surface area contributed by atoms with Crippen molar-refractivity contribution in [3.8, 4) is 0 Å². The van der Waals surface area contributed by atoms with Gasteiger partial charge < -0.3 is 10.6 Å². The van der Waals surface area contributed by atoms with Crippen molar-refractivity contribution in [2.45, 2.75) is 25.7 Å². The zero-order valence-corrected chi connectivity index (χ0v) is 14.7. The molecular weight excluding hydrogens is 326 g/mol. The summed E-state index contributed by atoms with van der Waals surface area (Å²) in [6.45, 7) is 2.12. The van der Waals surface area contributed by atoms with Gasteiger partial charge in [0.1, 0.15) is 5.82 Å². The largest absolute Gasteiger partial charge is 0.326 e. The maximum Gasteiger partial charge on any atom is 0.224 e. The monoisotopic (exact) mass is 349 g/mol. The number of nitrogens with one attached hydrogen (secondary N) is 2. The van der Waals surface area contributed by atoms with Gasteiger partial charge in [0, 0.05) is 24.7 Å². The van der Waals surface area contributed by atoms with Gasteiger partial charge in [-0.2, -0.15) is 0 Å². The van der Waals surface area contributed by atoms with E-state index >= 15 is 0 Å². The van der Waals surface area contributed by atoms with Gasteiger partial charge in [-0.1, -0.05) is 18.2 Å². The third kappa shape index (κ3) is 3.91. The Kier molecular flexibility index (Phi) is 4.93. The summed E-state index contributed by atoms with van der Waals surface area (Å²) in [5, 5.41) is 14.8. The predicted octanol–water partition coefficient (Wildman–Crippen LogP) is 2.65. The number of carbonyl (C=O) groups excluding carboxylic acids is 1. The van der Waals surface area contributed by atoms with Crippen molar-refractivity contribution >= 4 is 17.2 Å². The topological polar surface area (TPSA) is 71.3 Å². The molecule has 1 aromatic carbocycles. The van der Waals surface area contributed by atoms with E-state index in [1.807, 2.05) is 53.1 Å². The normalized spacial score (nSPS) is 16.8. The van der Waals surface area contributed by atoms with Crippen LogP contribution >= 0.6 is 0 Å². The molecule has 4 rings (SSSR count). The number of nitrogens with zero attached hydrogens (tertiary/aromatic N) is 3. The summed E-state index contributed by atoms with van der Waals surface area (Å²) in [5.74, 6) is 1.64. The van der Waals surface area contributed by atoms with Crippen LogP contribution in [0.2, 0.25) is 0 Å². The summed E-state index contributed by atoms with van der Waals surface area (Å²) >= 11 is 0. The Morgan fingerprint density at radius 1 is 1.19 bits per heavy atom. The minimum atomic E-state index is 0.0908. The highest BCUT2D eigenvalue weighted by molar-refractivity contribution is 5.90. The quantitative estimate of drug-likeness (QED) is 0.718. The van der Waals surface area contributed by atoms with Crippen molar-refractivity contribution in [3.05, 3.63) is 60.0 Å². The van der Waals surface area contributed by atoms with Gasteiger partial charge in [-0.15, -0.1) is 10.2 Å². The fourth-order valence-corrected chi connectivity index (χ4v) is 3.42. The summed E-state index contributed by atoms with van der Waals surface area (Å²) in [5.41, 5.74) is 2.83. The first kappa shape index (κ1) is 16.7. The van der Waals surface area contributed by atoms with Crippen LogP contribution in [-0.4, -0.2) is 33.6 Å². The van der Waals surface area contributed by atoms with Gasteiger partial charge in [-0.3, -0.25) is 9.20 Å². The number of aromatic nitrogens is 3. The van der Waals surface area contributed by atoms with Crippen LogP contribution in [0, 0.1) is 5.92 Å². The Morgan fingerprint density at radius 2 is 2.08 bits per heavy atom. The summed E-state index contributed by atoms with van der Waals surface area (Å²) in [4.78, 5) is 12.1. The molecule has 26 heavy (non-hydrogen) atoms. The van der Waals surface area contributed by atoms with Crippen LogP contribution in [0.15, 0.2) is 48.7 Å². The molecule has 1 amide bonds.